The van der Waals surface area contributed by atoms with E-state index in [0.717, 1.165) is 12.1 Å². The first-order chi connectivity index (χ1) is 7.81. The summed E-state index contributed by atoms with van der Waals surface area (Å²) in [5, 5.41) is 13.4. The van der Waals surface area contributed by atoms with Crippen molar-refractivity contribution in [1.29, 1.82) is 0 Å². The van der Waals surface area contributed by atoms with Gasteiger partial charge < -0.3 is 5.32 Å². The van der Waals surface area contributed by atoms with Crippen LogP contribution in [-0.2, 0) is 0 Å². The molecule has 3 nitrogen and oxygen atoms in total. The molecule has 2 aromatic heterocycles. The summed E-state index contributed by atoms with van der Waals surface area (Å²) in [4.78, 5) is 1.33. The summed E-state index contributed by atoms with van der Waals surface area (Å²) < 4.78 is 0. The number of nitrogens with zero attached hydrogens (tertiary/aromatic N) is 2. The molecule has 0 amide bonds. The predicted molar refractivity (Wildman–Crippen MR) is 66.6 cm³/mol. The van der Waals surface area contributed by atoms with Crippen LogP contribution in [0, 0.1) is 6.92 Å². The summed E-state index contributed by atoms with van der Waals surface area (Å²) in [5.41, 5.74) is 2.46. The van der Waals surface area contributed by atoms with Gasteiger partial charge in [0.05, 0.1) is 12.2 Å². The summed E-state index contributed by atoms with van der Waals surface area (Å²) >= 11 is 1.78. The zero-order valence-electron chi connectivity index (χ0n) is 9.47. The quantitative estimate of drug-likeness (QED) is 0.882. The largest absolute Gasteiger partial charge is 0.306 e. The molecular formula is C12H15N3S. The summed E-state index contributed by atoms with van der Waals surface area (Å²) in [6.07, 6.45) is 3.55. The Morgan fingerprint density at radius 3 is 2.81 bits per heavy atom. The maximum atomic E-state index is 3.93. The molecule has 0 saturated heterocycles. The zero-order chi connectivity index (χ0) is 11.4. The van der Waals surface area contributed by atoms with Crippen molar-refractivity contribution in [3.8, 4) is 0 Å². The second-order valence-electron chi connectivity index (χ2n) is 3.66. The molecule has 0 aliphatic carbocycles. The maximum Gasteiger partial charge on any atom is 0.0601 e. The van der Waals surface area contributed by atoms with E-state index < -0.39 is 0 Å². The van der Waals surface area contributed by atoms with Gasteiger partial charge in [0.25, 0.3) is 0 Å². The van der Waals surface area contributed by atoms with Crippen LogP contribution in [0.15, 0.2) is 29.9 Å². The Labute approximate surface area is 99.5 Å². The summed E-state index contributed by atoms with van der Waals surface area (Å²) in [5.74, 6) is 0. The number of thiophene rings is 1. The van der Waals surface area contributed by atoms with E-state index in [0.29, 0.717) is 0 Å². The van der Waals surface area contributed by atoms with Crippen molar-refractivity contribution in [2.75, 3.05) is 6.54 Å². The Bertz CT molecular complexity index is 439. The van der Waals surface area contributed by atoms with Gasteiger partial charge in [0.2, 0.25) is 0 Å². The van der Waals surface area contributed by atoms with Gasteiger partial charge in [-0.2, -0.15) is 10.2 Å². The van der Waals surface area contributed by atoms with Crippen molar-refractivity contribution in [3.63, 3.8) is 0 Å². The average molecular weight is 233 g/mol. The minimum absolute atomic E-state index is 0.227. The van der Waals surface area contributed by atoms with Crippen molar-refractivity contribution in [2.24, 2.45) is 0 Å². The first-order valence-electron chi connectivity index (χ1n) is 5.36. The smallest absolute Gasteiger partial charge is 0.0601 e. The molecule has 1 atom stereocenters. The summed E-state index contributed by atoms with van der Waals surface area (Å²) in [7, 11) is 0. The number of rotatable bonds is 4. The Balaban J connectivity index is 2.31. The van der Waals surface area contributed by atoms with E-state index in [1.165, 1.54) is 10.4 Å². The molecule has 0 aromatic carbocycles. The van der Waals surface area contributed by atoms with Gasteiger partial charge in [-0.15, -0.1) is 11.3 Å². The van der Waals surface area contributed by atoms with E-state index in [1.54, 1.807) is 17.5 Å². The fraction of sp³-hybridized carbons (Fsp3) is 0.333. The molecule has 0 saturated carbocycles. The maximum absolute atomic E-state index is 3.93. The van der Waals surface area contributed by atoms with Crippen molar-refractivity contribution in [2.45, 2.75) is 19.9 Å². The van der Waals surface area contributed by atoms with Gasteiger partial charge in [-0.25, -0.2) is 0 Å². The number of hydrogen-bond donors (Lipinski definition) is 1. The topological polar surface area (TPSA) is 37.8 Å². The third-order valence-electron chi connectivity index (χ3n) is 2.43. The first-order valence-corrected chi connectivity index (χ1v) is 6.24. The molecule has 0 aliphatic rings. The lowest BCUT2D eigenvalue weighted by Gasteiger charge is -2.16. The SMILES string of the molecule is CCNC(c1ccnnc1)c1csc(C)c1. The Hall–Kier alpha value is -1.26. The lowest BCUT2D eigenvalue weighted by Crippen LogP contribution is -2.21. The minimum Gasteiger partial charge on any atom is -0.306 e. The van der Waals surface area contributed by atoms with Crippen LogP contribution in [0.3, 0.4) is 0 Å². The molecule has 2 heterocycles. The number of nitrogens with one attached hydrogen (secondary N) is 1. The van der Waals surface area contributed by atoms with Gasteiger partial charge in [0, 0.05) is 11.1 Å². The standard InChI is InChI=1S/C12H15N3S/c1-3-13-12(10-4-5-14-15-7-10)11-6-9(2)16-8-11/h4-8,12-13H,3H2,1-2H3. The first kappa shape index (κ1) is 11.2. The second kappa shape index (κ2) is 5.18. The molecule has 2 aromatic rings. The molecule has 0 aliphatic heterocycles. The molecule has 84 valence electrons. The Kier molecular flexibility index (Phi) is 3.64. The highest BCUT2D eigenvalue weighted by Crippen LogP contribution is 2.25. The van der Waals surface area contributed by atoms with Crippen molar-refractivity contribution >= 4 is 11.3 Å². The molecule has 4 heteroatoms. The molecular weight excluding hydrogens is 218 g/mol. The van der Waals surface area contributed by atoms with Crippen molar-refractivity contribution in [3.05, 3.63) is 45.9 Å². The molecule has 2 rings (SSSR count). The molecule has 1 unspecified atom stereocenters. The van der Waals surface area contributed by atoms with Gasteiger partial charge in [0.1, 0.15) is 0 Å². The molecule has 0 spiro atoms. The van der Waals surface area contributed by atoms with E-state index in [1.807, 2.05) is 12.3 Å². The highest BCUT2D eigenvalue weighted by Gasteiger charge is 2.13. The van der Waals surface area contributed by atoms with Gasteiger partial charge >= 0.3 is 0 Å². The number of hydrogen-bond acceptors (Lipinski definition) is 4. The Morgan fingerprint density at radius 1 is 1.38 bits per heavy atom. The monoisotopic (exact) mass is 233 g/mol. The molecule has 0 fully saturated rings. The summed E-state index contributed by atoms with van der Waals surface area (Å²) in [6, 6.07) is 4.46. The third kappa shape index (κ3) is 2.46. The van der Waals surface area contributed by atoms with Crippen LogP contribution in [0.25, 0.3) is 0 Å². The van der Waals surface area contributed by atoms with Gasteiger partial charge in [-0.1, -0.05) is 6.92 Å². The lowest BCUT2D eigenvalue weighted by atomic mass is 10.0. The van der Waals surface area contributed by atoms with E-state index in [4.69, 9.17) is 0 Å². The molecule has 1 N–H and O–H groups in total. The number of aromatic nitrogens is 2. The van der Waals surface area contributed by atoms with Crippen LogP contribution in [0.5, 0.6) is 0 Å². The number of aryl methyl sites for hydroxylation is 1. The minimum atomic E-state index is 0.227. The second-order valence-corrected chi connectivity index (χ2v) is 4.77. The Morgan fingerprint density at radius 2 is 2.25 bits per heavy atom. The highest BCUT2D eigenvalue weighted by atomic mass is 32.1. The van der Waals surface area contributed by atoms with Crippen molar-refractivity contribution in [1.82, 2.24) is 15.5 Å². The zero-order valence-corrected chi connectivity index (χ0v) is 10.3. The van der Waals surface area contributed by atoms with Gasteiger partial charge in [-0.3, -0.25) is 0 Å². The van der Waals surface area contributed by atoms with Crippen LogP contribution in [-0.4, -0.2) is 16.7 Å². The lowest BCUT2D eigenvalue weighted by molar-refractivity contribution is 0.628. The van der Waals surface area contributed by atoms with Crippen molar-refractivity contribution < 1.29 is 0 Å². The van der Waals surface area contributed by atoms with Crippen LogP contribution >= 0.6 is 11.3 Å². The van der Waals surface area contributed by atoms with Gasteiger partial charge in [0.15, 0.2) is 0 Å². The molecule has 16 heavy (non-hydrogen) atoms. The molecule has 0 radical (unpaired) electrons. The highest BCUT2D eigenvalue weighted by molar-refractivity contribution is 7.10. The summed E-state index contributed by atoms with van der Waals surface area (Å²) in [6.45, 7) is 5.17. The van der Waals surface area contributed by atoms with Crippen LogP contribution in [0.4, 0.5) is 0 Å². The van der Waals surface area contributed by atoms with E-state index in [2.05, 4.69) is 40.8 Å². The van der Waals surface area contributed by atoms with Gasteiger partial charge in [-0.05, 0) is 42.1 Å². The normalized spacial score (nSPS) is 12.6. The fourth-order valence-electron chi connectivity index (χ4n) is 1.72. The predicted octanol–water partition coefficient (Wildman–Crippen LogP) is 2.55. The van der Waals surface area contributed by atoms with Crippen LogP contribution in [0.1, 0.15) is 29.0 Å². The fourth-order valence-corrected chi connectivity index (χ4v) is 2.45. The third-order valence-corrected chi connectivity index (χ3v) is 3.31. The van der Waals surface area contributed by atoms with E-state index in [9.17, 15) is 0 Å². The van der Waals surface area contributed by atoms with E-state index in [-0.39, 0.29) is 6.04 Å². The van der Waals surface area contributed by atoms with Crippen LogP contribution < -0.4 is 5.32 Å². The van der Waals surface area contributed by atoms with E-state index >= 15 is 0 Å². The van der Waals surface area contributed by atoms with Crippen LogP contribution in [0.2, 0.25) is 0 Å². The molecule has 0 bridgehead atoms. The average Bonchev–Trinajstić information content (AvgIpc) is 2.74.